The Hall–Kier alpha value is -1.16. The fraction of sp³-hybridized carbons (Fsp3) is 0.636. The molecule has 0 spiro atoms. The highest BCUT2D eigenvalue weighted by molar-refractivity contribution is 5.27. The molecule has 15 heavy (non-hydrogen) atoms. The summed E-state index contributed by atoms with van der Waals surface area (Å²) in [5, 5.41) is 6.63. The molecular formula is C11H18N4. The fourth-order valence-electron chi connectivity index (χ4n) is 1.67. The van der Waals surface area contributed by atoms with Gasteiger partial charge < -0.3 is 10.6 Å². The van der Waals surface area contributed by atoms with Crippen LogP contribution < -0.4 is 10.6 Å². The van der Waals surface area contributed by atoms with Gasteiger partial charge in [0.2, 0.25) is 5.95 Å². The third-order valence-electron chi connectivity index (χ3n) is 2.73. The van der Waals surface area contributed by atoms with Gasteiger partial charge in [-0.25, -0.2) is 9.97 Å². The highest BCUT2D eigenvalue weighted by Crippen LogP contribution is 2.13. The van der Waals surface area contributed by atoms with Gasteiger partial charge in [0.15, 0.2) is 0 Å². The molecule has 1 aromatic rings. The monoisotopic (exact) mass is 206 g/mol. The van der Waals surface area contributed by atoms with Gasteiger partial charge in [0, 0.05) is 25.0 Å². The summed E-state index contributed by atoms with van der Waals surface area (Å²) in [6, 6.07) is 0.481. The zero-order valence-corrected chi connectivity index (χ0v) is 9.33. The van der Waals surface area contributed by atoms with Crippen LogP contribution in [0, 0.1) is 0 Å². The summed E-state index contributed by atoms with van der Waals surface area (Å²) >= 11 is 0. The minimum atomic E-state index is 0.481. The molecule has 2 heterocycles. The molecule has 0 saturated carbocycles. The first-order valence-electron chi connectivity index (χ1n) is 5.55. The first-order chi connectivity index (χ1) is 7.25. The first kappa shape index (κ1) is 10.4. The summed E-state index contributed by atoms with van der Waals surface area (Å²) in [4.78, 5) is 8.63. The lowest BCUT2D eigenvalue weighted by molar-refractivity contribution is 0.775. The SMILES string of the molecule is CC(C)c1cnc(NC2CCNC2)nc1. The van der Waals surface area contributed by atoms with Gasteiger partial charge in [-0.1, -0.05) is 13.8 Å². The predicted molar refractivity (Wildman–Crippen MR) is 61.0 cm³/mol. The van der Waals surface area contributed by atoms with Gasteiger partial charge in [-0.15, -0.1) is 0 Å². The molecule has 0 aliphatic carbocycles. The van der Waals surface area contributed by atoms with E-state index in [1.165, 1.54) is 5.56 Å². The summed E-state index contributed by atoms with van der Waals surface area (Å²) in [7, 11) is 0. The summed E-state index contributed by atoms with van der Waals surface area (Å²) in [5.41, 5.74) is 1.19. The van der Waals surface area contributed by atoms with Crippen molar-refractivity contribution in [2.45, 2.75) is 32.2 Å². The van der Waals surface area contributed by atoms with Crippen molar-refractivity contribution < 1.29 is 0 Å². The van der Waals surface area contributed by atoms with Crippen LogP contribution in [0.3, 0.4) is 0 Å². The smallest absolute Gasteiger partial charge is 0.222 e. The maximum Gasteiger partial charge on any atom is 0.222 e. The Bertz CT molecular complexity index is 301. The van der Waals surface area contributed by atoms with Gasteiger partial charge in [-0.3, -0.25) is 0 Å². The molecule has 2 N–H and O–H groups in total. The lowest BCUT2D eigenvalue weighted by Gasteiger charge is -2.11. The van der Waals surface area contributed by atoms with Crippen molar-refractivity contribution in [1.29, 1.82) is 0 Å². The molecule has 0 bridgehead atoms. The van der Waals surface area contributed by atoms with Crippen LogP contribution >= 0.6 is 0 Å². The molecule has 1 aromatic heterocycles. The van der Waals surface area contributed by atoms with Crippen LogP contribution in [0.2, 0.25) is 0 Å². The van der Waals surface area contributed by atoms with E-state index in [-0.39, 0.29) is 0 Å². The van der Waals surface area contributed by atoms with Gasteiger partial charge in [0.1, 0.15) is 0 Å². The number of hydrogen-bond donors (Lipinski definition) is 2. The average Bonchev–Trinajstić information content (AvgIpc) is 2.71. The number of aromatic nitrogens is 2. The van der Waals surface area contributed by atoms with E-state index in [0.29, 0.717) is 12.0 Å². The van der Waals surface area contributed by atoms with E-state index in [2.05, 4.69) is 34.4 Å². The predicted octanol–water partition coefficient (Wildman–Crippen LogP) is 1.37. The maximum absolute atomic E-state index is 4.31. The zero-order chi connectivity index (χ0) is 10.7. The van der Waals surface area contributed by atoms with E-state index >= 15 is 0 Å². The lowest BCUT2D eigenvalue weighted by Crippen LogP contribution is -2.23. The minimum Gasteiger partial charge on any atom is -0.350 e. The normalized spacial score (nSPS) is 20.9. The largest absolute Gasteiger partial charge is 0.350 e. The van der Waals surface area contributed by atoms with E-state index < -0.39 is 0 Å². The van der Waals surface area contributed by atoms with Gasteiger partial charge in [-0.2, -0.15) is 0 Å². The van der Waals surface area contributed by atoms with E-state index in [1.807, 2.05) is 12.4 Å². The third kappa shape index (κ3) is 2.65. The molecule has 1 atom stereocenters. The van der Waals surface area contributed by atoms with Crippen molar-refractivity contribution in [3.8, 4) is 0 Å². The average molecular weight is 206 g/mol. The third-order valence-corrected chi connectivity index (χ3v) is 2.73. The van der Waals surface area contributed by atoms with Crippen molar-refractivity contribution in [3.05, 3.63) is 18.0 Å². The second kappa shape index (κ2) is 4.57. The molecule has 2 rings (SSSR count). The Morgan fingerprint density at radius 3 is 2.67 bits per heavy atom. The van der Waals surface area contributed by atoms with Crippen LogP contribution in [0.4, 0.5) is 5.95 Å². The fourth-order valence-corrected chi connectivity index (χ4v) is 1.67. The summed E-state index contributed by atoms with van der Waals surface area (Å²) in [5.74, 6) is 1.24. The van der Waals surface area contributed by atoms with E-state index in [0.717, 1.165) is 25.5 Å². The number of hydrogen-bond acceptors (Lipinski definition) is 4. The zero-order valence-electron chi connectivity index (χ0n) is 9.33. The first-order valence-corrected chi connectivity index (χ1v) is 5.55. The van der Waals surface area contributed by atoms with Gasteiger partial charge in [0.05, 0.1) is 0 Å². The van der Waals surface area contributed by atoms with Crippen LogP contribution in [0.1, 0.15) is 31.7 Å². The van der Waals surface area contributed by atoms with Gasteiger partial charge >= 0.3 is 0 Å². The Balaban J connectivity index is 1.97. The molecular weight excluding hydrogens is 188 g/mol. The quantitative estimate of drug-likeness (QED) is 0.784. The van der Waals surface area contributed by atoms with E-state index in [9.17, 15) is 0 Å². The standard InChI is InChI=1S/C11H18N4/c1-8(2)9-5-13-11(14-6-9)15-10-3-4-12-7-10/h5-6,8,10,12H,3-4,7H2,1-2H3,(H,13,14,15). The molecule has 1 aliphatic heterocycles. The molecule has 1 aliphatic rings. The lowest BCUT2D eigenvalue weighted by atomic mass is 10.1. The summed E-state index contributed by atoms with van der Waals surface area (Å²) in [6.45, 7) is 6.39. The van der Waals surface area contributed by atoms with Crippen LogP contribution in [-0.4, -0.2) is 29.1 Å². The maximum atomic E-state index is 4.31. The number of anilines is 1. The summed E-state index contributed by atoms with van der Waals surface area (Å²) < 4.78 is 0. The Morgan fingerprint density at radius 2 is 2.13 bits per heavy atom. The molecule has 1 unspecified atom stereocenters. The molecule has 0 amide bonds. The van der Waals surface area contributed by atoms with Crippen molar-refractivity contribution >= 4 is 5.95 Å². The molecule has 0 aromatic carbocycles. The highest BCUT2D eigenvalue weighted by atomic mass is 15.1. The second-order valence-corrected chi connectivity index (χ2v) is 4.33. The van der Waals surface area contributed by atoms with Crippen molar-refractivity contribution in [1.82, 2.24) is 15.3 Å². The second-order valence-electron chi connectivity index (χ2n) is 4.33. The summed E-state index contributed by atoms with van der Waals surface area (Å²) in [6.07, 6.45) is 4.96. The van der Waals surface area contributed by atoms with Crippen LogP contribution in [0.25, 0.3) is 0 Å². The number of rotatable bonds is 3. The molecule has 82 valence electrons. The van der Waals surface area contributed by atoms with Gasteiger partial charge in [-0.05, 0) is 24.4 Å². The van der Waals surface area contributed by atoms with Crippen molar-refractivity contribution in [3.63, 3.8) is 0 Å². The Labute approximate surface area is 90.5 Å². The molecule has 1 saturated heterocycles. The molecule has 0 radical (unpaired) electrons. The molecule has 1 fully saturated rings. The Morgan fingerprint density at radius 1 is 1.40 bits per heavy atom. The van der Waals surface area contributed by atoms with Crippen LogP contribution in [0.5, 0.6) is 0 Å². The van der Waals surface area contributed by atoms with Gasteiger partial charge in [0.25, 0.3) is 0 Å². The van der Waals surface area contributed by atoms with Crippen molar-refractivity contribution in [2.24, 2.45) is 0 Å². The van der Waals surface area contributed by atoms with Crippen LogP contribution in [-0.2, 0) is 0 Å². The number of nitrogens with one attached hydrogen (secondary N) is 2. The number of nitrogens with zero attached hydrogens (tertiary/aromatic N) is 2. The van der Waals surface area contributed by atoms with E-state index in [1.54, 1.807) is 0 Å². The molecule has 4 nitrogen and oxygen atoms in total. The minimum absolute atomic E-state index is 0.481. The van der Waals surface area contributed by atoms with Crippen molar-refractivity contribution in [2.75, 3.05) is 18.4 Å². The topological polar surface area (TPSA) is 49.8 Å². The highest BCUT2D eigenvalue weighted by Gasteiger charge is 2.14. The Kier molecular flexibility index (Phi) is 3.16. The molecule has 4 heteroatoms. The van der Waals surface area contributed by atoms with E-state index in [4.69, 9.17) is 0 Å². The van der Waals surface area contributed by atoms with Crippen LogP contribution in [0.15, 0.2) is 12.4 Å².